The molecular weight excluding hydrogens is 338 g/mol. The van der Waals surface area contributed by atoms with Gasteiger partial charge in [0.2, 0.25) is 5.88 Å². The fourth-order valence-corrected chi connectivity index (χ4v) is 2.92. The molecule has 0 saturated carbocycles. The maximum absolute atomic E-state index is 10.5. The molecule has 0 saturated heterocycles. The van der Waals surface area contributed by atoms with Gasteiger partial charge in [-0.05, 0) is 30.9 Å². The molecule has 0 unspecified atom stereocenters. The molecule has 0 amide bonds. The lowest BCUT2D eigenvalue weighted by molar-refractivity contribution is -0.137. The van der Waals surface area contributed by atoms with Gasteiger partial charge in [0, 0.05) is 23.6 Å². The standard InChI is InChI=1S/C23H23NO3/c25-22(26)14-8-3-9-17-27-21-16-15-20(18-10-4-1-5-11-18)23(24-21)19-12-6-2-7-13-19/h1-2,4-7,10-13,15-16H,3,8-9,14,17H2,(H,25,26). The number of benzene rings is 2. The minimum absolute atomic E-state index is 0.210. The van der Waals surface area contributed by atoms with Crippen LogP contribution in [0.25, 0.3) is 22.4 Å². The van der Waals surface area contributed by atoms with Crippen LogP contribution in [0.2, 0.25) is 0 Å². The predicted molar refractivity (Wildman–Crippen MR) is 107 cm³/mol. The van der Waals surface area contributed by atoms with Gasteiger partial charge in [0.25, 0.3) is 0 Å². The Labute approximate surface area is 159 Å². The average Bonchev–Trinajstić information content (AvgIpc) is 2.71. The Balaban J connectivity index is 1.75. The van der Waals surface area contributed by atoms with Crippen LogP contribution >= 0.6 is 0 Å². The van der Waals surface area contributed by atoms with E-state index in [0.717, 1.165) is 35.2 Å². The van der Waals surface area contributed by atoms with Crippen LogP contribution in [0.15, 0.2) is 72.8 Å². The van der Waals surface area contributed by atoms with Crippen LogP contribution in [0.1, 0.15) is 25.7 Å². The predicted octanol–water partition coefficient (Wildman–Crippen LogP) is 5.44. The Morgan fingerprint density at radius 1 is 0.815 bits per heavy atom. The van der Waals surface area contributed by atoms with E-state index in [-0.39, 0.29) is 6.42 Å². The van der Waals surface area contributed by atoms with E-state index in [4.69, 9.17) is 14.8 Å². The van der Waals surface area contributed by atoms with E-state index >= 15 is 0 Å². The minimum atomic E-state index is -0.749. The molecule has 1 heterocycles. The Hall–Kier alpha value is -3.14. The number of ether oxygens (including phenoxy) is 1. The summed E-state index contributed by atoms with van der Waals surface area (Å²) in [4.78, 5) is 15.3. The molecule has 138 valence electrons. The van der Waals surface area contributed by atoms with Crippen molar-refractivity contribution in [2.45, 2.75) is 25.7 Å². The summed E-state index contributed by atoms with van der Waals surface area (Å²) in [6, 6.07) is 24.2. The number of hydrogen-bond acceptors (Lipinski definition) is 3. The van der Waals surface area contributed by atoms with E-state index in [0.29, 0.717) is 18.9 Å². The molecule has 0 atom stereocenters. The zero-order chi connectivity index (χ0) is 18.9. The molecule has 4 heteroatoms. The van der Waals surface area contributed by atoms with Crippen LogP contribution in [0, 0.1) is 0 Å². The summed E-state index contributed by atoms with van der Waals surface area (Å²) in [6.07, 6.45) is 2.53. The summed E-state index contributed by atoms with van der Waals surface area (Å²) in [5, 5.41) is 8.67. The number of aliphatic carboxylic acids is 1. The number of pyridine rings is 1. The third-order valence-corrected chi connectivity index (χ3v) is 4.29. The summed E-state index contributed by atoms with van der Waals surface area (Å²) in [5.41, 5.74) is 4.12. The lowest BCUT2D eigenvalue weighted by Crippen LogP contribution is -2.01. The molecule has 0 aliphatic carbocycles. The lowest BCUT2D eigenvalue weighted by atomic mass is 9.99. The second-order valence-electron chi connectivity index (χ2n) is 6.33. The van der Waals surface area contributed by atoms with Gasteiger partial charge in [-0.2, -0.15) is 0 Å². The number of hydrogen-bond donors (Lipinski definition) is 1. The van der Waals surface area contributed by atoms with Crippen molar-refractivity contribution in [3.8, 4) is 28.3 Å². The first-order chi connectivity index (χ1) is 13.2. The molecule has 1 aromatic heterocycles. The quantitative estimate of drug-likeness (QED) is 0.516. The highest BCUT2D eigenvalue weighted by atomic mass is 16.5. The van der Waals surface area contributed by atoms with E-state index in [1.165, 1.54) is 0 Å². The van der Waals surface area contributed by atoms with Crippen LogP contribution in [-0.2, 0) is 4.79 Å². The molecule has 27 heavy (non-hydrogen) atoms. The number of carboxylic acid groups (broad SMARTS) is 1. The molecule has 0 bridgehead atoms. The SMILES string of the molecule is O=C(O)CCCCCOc1ccc(-c2ccccc2)c(-c2ccccc2)n1. The summed E-state index contributed by atoms with van der Waals surface area (Å²) in [5.74, 6) is -0.159. The lowest BCUT2D eigenvalue weighted by Gasteiger charge is -2.12. The molecule has 3 aromatic rings. The summed E-state index contributed by atoms with van der Waals surface area (Å²) in [7, 11) is 0. The van der Waals surface area contributed by atoms with Gasteiger partial charge in [-0.3, -0.25) is 4.79 Å². The first-order valence-electron chi connectivity index (χ1n) is 9.20. The highest BCUT2D eigenvalue weighted by Crippen LogP contribution is 2.32. The summed E-state index contributed by atoms with van der Waals surface area (Å²) in [6.45, 7) is 0.533. The van der Waals surface area contributed by atoms with Gasteiger partial charge in [0.1, 0.15) is 0 Å². The Morgan fingerprint density at radius 3 is 2.15 bits per heavy atom. The molecule has 3 rings (SSSR count). The van der Waals surface area contributed by atoms with Crippen molar-refractivity contribution < 1.29 is 14.6 Å². The van der Waals surface area contributed by atoms with Crippen molar-refractivity contribution in [3.63, 3.8) is 0 Å². The van der Waals surface area contributed by atoms with Crippen molar-refractivity contribution in [2.24, 2.45) is 0 Å². The van der Waals surface area contributed by atoms with Crippen LogP contribution < -0.4 is 4.74 Å². The van der Waals surface area contributed by atoms with E-state index in [1.807, 2.05) is 60.7 Å². The van der Waals surface area contributed by atoms with Gasteiger partial charge < -0.3 is 9.84 Å². The van der Waals surface area contributed by atoms with E-state index in [1.54, 1.807) is 0 Å². The minimum Gasteiger partial charge on any atom is -0.481 e. The smallest absolute Gasteiger partial charge is 0.303 e. The highest BCUT2D eigenvalue weighted by Gasteiger charge is 2.11. The van der Waals surface area contributed by atoms with E-state index < -0.39 is 5.97 Å². The highest BCUT2D eigenvalue weighted by molar-refractivity contribution is 5.81. The summed E-state index contributed by atoms with van der Waals surface area (Å²) < 4.78 is 5.81. The number of nitrogens with zero attached hydrogens (tertiary/aromatic N) is 1. The van der Waals surface area contributed by atoms with Crippen molar-refractivity contribution in [1.82, 2.24) is 4.98 Å². The first-order valence-corrected chi connectivity index (χ1v) is 9.20. The first kappa shape index (κ1) is 18.6. The Morgan fingerprint density at radius 2 is 1.48 bits per heavy atom. The van der Waals surface area contributed by atoms with Crippen molar-refractivity contribution in [2.75, 3.05) is 6.61 Å². The molecule has 0 fully saturated rings. The average molecular weight is 361 g/mol. The van der Waals surface area contributed by atoms with E-state index in [9.17, 15) is 4.79 Å². The molecular formula is C23H23NO3. The summed E-state index contributed by atoms with van der Waals surface area (Å²) >= 11 is 0. The molecule has 0 spiro atoms. The van der Waals surface area contributed by atoms with Crippen LogP contribution in [0.4, 0.5) is 0 Å². The second-order valence-corrected chi connectivity index (χ2v) is 6.33. The molecule has 0 aliphatic rings. The van der Waals surface area contributed by atoms with E-state index in [2.05, 4.69) is 12.1 Å². The monoisotopic (exact) mass is 361 g/mol. The zero-order valence-corrected chi connectivity index (χ0v) is 15.2. The number of rotatable bonds is 9. The molecule has 2 aromatic carbocycles. The molecule has 1 N–H and O–H groups in total. The van der Waals surface area contributed by atoms with Gasteiger partial charge >= 0.3 is 5.97 Å². The number of carboxylic acids is 1. The third-order valence-electron chi connectivity index (χ3n) is 4.29. The molecule has 0 radical (unpaired) electrons. The van der Waals surface area contributed by atoms with Gasteiger partial charge in [-0.15, -0.1) is 0 Å². The van der Waals surface area contributed by atoms with Crippen LogP contribution in [0.5, 0.6) is 5.88 Å². The number of unbranched alkanes of at least 4 members (excludes halogenated alkanes) is 2. The Kier molecular flexibility index (Phi) is 6.58. The maximum atomic E-state index is 10.5. The largest absolute Gasteiger partial charge is 0.481 e. The number of aromatic nitrogens is 1. The van der Waals surface area contributed by atoms with Crippen LogP contribution in [-0.4, -0.2) is 22.7 Å². The van der Waals surface area contributed by atoms with Gasteiger partial charge in [-0.25, -0.2) is 4.98 Å². The van der Waals surface area contributed by atoms with Crippen molar-refractivity contribution in [1.29, 1.82) is 0 Å². The maximum Gasteiger partial charge on any atom is 0.303 e. The fraction of sp³-hybridized carbons (Fsp3) is 0.217. The normalized spacial score (nSPS) is 10.5. The molecule has 0 aliphatic heterocycles. The van der Waals surface area contributed by atoms with Gasteiger partial charge in [-0.1, -0.05) is 60.7 Å². The second kappa shape index (κ2) is 9.53. The zero-order valence-electron chi connectivity index (χ0n) is 15.2. The van der Waals surface area contributed by atoms with Crippen LogP contribution in [0.3, 0.4) is 0 Å². The third kappa shape index (κ3) is 5.42. The Bertz CT molecular complexity index is 863. The topological polar surface area (TPSA) is 59.4 Å². The van der Waals surface area contributed by atoms with Crippen molar-refractivity contribution in [3.05, 3.63) is 72.8 Å². The number of carbonyl (C=O) groups is 1. The van der Waals surface area contributed by atoms with Gasteiger partial charge in [0.15, 0.2) is 0 Å². The van der Waals surface area contributed by atoms with Crippen molar-refractivity contribution >= 4 is 5.97 Å². The molecule has 4 nitrogen and oxygen atoms in total. The van der Waals surface area contributed by atoms with Gasteiger partial charge in [0.05, 0.1) is 12.3 Å². The fourth-order valence-electron chi connectivity index (χ4n) is 2.92.